The average Bonchev–Trinajstić information content (AvgIpc) is 3.37. The number of carbonyl (C=O) groups excluding carboxylic acids is 1. The number of carbonyl (C=O) groups is 1. The molecular formula is C28H23N3O5S. The largest absolute Gasteiger partial charge is 0.506 e. The Morgan fingerprint density at radius 2 is 1.81 bits per heavy atom. The number of nitro benzene ring substituents is 1. The Balaban J connectivity index is 1.57. The number of hydrogen-bond acceptors (Lipinski definition) is 7. The molecule has 8 nitrogen and oxygen atoms in total. The molecular weight excluding hydrogens is 490 g/mol. The number of rotatable bonds is 6. The first kappa shape index (κ1) is 24.3. The summed E-state index contributed by atoms with van der Waals surface area (Å²) in [5, 5.41) is 24.5. The summed E-state index contributed by atoms with van der Waals surface area (Å²) in [5.74, 6) is -0.891. The minimum atomic E-state index is -0.682. The first-order valence-electron chi connectivity index (χ1n) is 11.8. The number of hydrogen-bond donors (Lipinski definition) is 1. The second-order valence-electron chi connectivity index (χ2n) is 8.28. The van der Waals surface area contributed by atoms with Crippen molar-refractivity contribution in [1.29, 1.82) is 0 Å². The van der Waals surface area contributed by atoms with Crippen LogP contribution in [0.25, 0.3) is 27.9 Å². The molecule has 186 valence electrons. The third-order valence-electron chi connectivity index (χ3n) is 6.07. The van der Waals surface area contributed by atoms with E-state index in [1.54, 1.807) is 6.92 Å². The average molecular weight is 514 g/mol. The Bertz CT molecular complexity index is 1650. The van der Waals surface area contributed by atoms with Gasteiger partial charge in [0, 0.05) is 40.5 Å². The molecule has 9 heteroatoms. The molecule has 3 aromatic carbocycles. The van der Waals surface area contributed by atoms with E-state index < -0.39 is 10.9 Å². The van der Waals surface area contributed by atoms with Crippen molar-refractivity contribution in [3.05, 3.63) is 98.6 Å². The highest BCUT2D eigenvalue weighted by Crippen LogP contribution is 2.41. The monoisotopic (exact) mass is 513 g/mol. The van der Waals surface area contributed by atoms with E-state index in [0.717, 1.165) is 45.7 Å². The summed E-state index contributed by atoms with van der Waals surface area (Å²) >= 11 is 1.15. The van der Waals surface area contributed by atoms with Gasteiger partial charge in [0.2, 0.25) is 0 Å². The summed E-state index contributed by atoms with van der Waals surface area (Å²) in [5.41, 5.74) is 3.47. The number of aliphatic hydroxyl groups is 1. The van der Waals surface area contributed by atoms with Crippen LogP contribution in [0.4, 0.5) is 11.4 Å². The summed E-state index contributed by atoms with van der Waals surface area (Å²) in [6.45, 7) is 4.78. The highest BCUT2D eigenvalue weighted by atomic mass is 32.2. The van der Waals surface area contributed by atoms with Crippen LogP contribution in [0.3, 0.4) is 0 Å². The van der Waals surface area contributed by atoms with E-state index in [1.165, 1.54) is 24.3 Å². The minimum Gasteiger partial charge on any atom is -0.506 e. The zero-order valence-corrected chi connectivity index (χ0v) is 21.0. The van der Waals surface area contributed by atoms with E-state index in [0.29, 0.717) is 10.6 Å². The van der Waals surface area contributed by atoms with E-state index in [2.05, 4.69) is 40.7 Å². The number of thioether (sulfide) groups is 1. The molecule has 1 aliphatic rings. The van der Waals surface area contributed by atoms with E-state index in [-0.39, 0.29) is 28.7 Å². The molecule has 0 amide bonds. The summed E-state index contributed by atoms with van der Waals surface area (Å²) in [6.07, 6.45) is 1.81. The second kappa shape index (κ2) is 9.94. The number of fused-ring (bicyclic) bond motifs is 3. The van der Waals surface area contributed by atoms with Crippen LogP contribution in [0.1, 0.15) is 19.4 Å². The van der Waals surface area contributed by atoms with Crippen molar-refractivity contribution in [3.63, 3.8) is 0 Å². The summed E-state index contributed by atoms with van der Waals surface area (Å²) < 4.78 is 7.43. The minimum absolute atomic E-state index is 0.0277. The van der Waals surface area contributed by atoms with Crippen LogP contribution in [-0.2, 0) is 16.1 Å². The summed E-state index contributed by atoms with van der Waals surface area (Å²) in [6, 6.07) is 20.0. The van der Waals surface area contributed by atoms with Gasteiger partial charge in [-0.1, -0.05) is 36.0 Å². The topological polar surface area (TPSA) is 107 Å². The Morgan fingerprint density at radius 3 is 2.51 bits per heavy atom. The van der Waals surface area contributed by atoms with Gasteiger partial charge in [-0.25, -0.2) is 9.79 Å². The SMILES string of the molecule is CCOC(=O)C1=C(O)/C(=C/c2ccc3c(c2)c2ccccc2n3CC)SC1=Nc1ccc([N+](=O)[O-])cc1. The molecule has 0 bridgehead atoms. The lowest BCUT2D eigenvalue weighted by atomic mass is 10.1. The lowest BCUT2D eigenvalue weighted by molar-refractivity contribution is -0.384. The molecule has 4 aromatic rings. The van der Waals surface area contributed by atoms with Gasteiger partial charge in [-0.2, -0.15) is 0 Å². The highest BCUT2D eigenvalue weighted by Gasteiger charge is 2.33. The number of aromatic nitrogens is 1. The quantitative estimate of drug-likeness (QED) is 0.170. The van der Waals surface area contributed by atoms with Crippen LogP contribution in [-0.4, -0.2) is 32.2 Å². The molecule has 1 N–H and O–H groups in total. The molecule has 0 fully saturated rings. The fourth-order valence-electron chi connectivity index (χ4n) is 4.41. The van der Waals surface area contributed by atoms with Crippen molar-refractivity contribution in [2.24, 2.45) is 4.99 Å². The second-order valence-corrected chi connectivity index (χ2v) is 9.31. The molecule has 0 saturated heterocycles. The third-order valence-corrected chi connectivity index (χ3v) is 7.09. The van der Waals surface area contributed by atoms with Crippen molar-refractivity contribution in [1.82, 2.24) is 4.57 Å². The zero-order chi connectivity index (χ0) is 26.1. The number of nitrogens with zero attached hydrogens (tertiary/aromatic N) is 3. The number of aliphatic imine (C=N–C) groups is 1. The molecule has 2 heterocycles. The van der Waals surface area contributed by atoms with Crippen molar-refractivity contribution in [2.45, 2.75) is 20.4 Å². The van der Waals surface area contributed by atoms with Crippen LogP contribution in [0, 0.1) is 10.1 Å². The van der Waals surface area contributed by atoms with Crippen molar-refractivity contribution < 1.29 is 19.6 Å². The van der Waals surface area contributed by atoms with Gasteiger partial charge in [0.1, 0.15) is 16.4 Å². The maximum Gasteiger partial charge on any atom is 0.344 e. The van der Waals surface area contributed by atoms with Crippen LogP contribution >= 0.6 is 11.8 Å². The van der Waals surface area contributed by atoms with Crippen LogP contribution in [0.15, 0.2) is 88.0 Å². The summed E-state index contributed by atoms with van der Waals surface area (Å²) in [7, 11) is 0. The standard InChI is InChI=1S/C28H23N3O5S/c1-3-30-22-8-6-5-7-20(22)21-15-17(9-14-23(21)30)16-24-26(32)25(28(33)36-4-2)27(37-24)29-18-10-12-19(13-11-18)31(34)35/h5-16,32H,3-4H2,1-2H3/b24-16-,29-27?. The number of non-ortho nitro benzene ring substituents is 1. The van der Waals surface area contributed by atoms with Crippen molar-refractivity contribution in [3.8, 4) is 0 Å². The fraction of sp³-hybridized carbons (Fsp3) is 0.143. The van der Waals surface area contributed by atoms with Gasteiger partial charge >= 0.3 is 5.97 Å². The molecule has 37 heavy (non-hydrogen) atoms. The van der Waals surface area contributed by atoms with E-state index in [4.69, 9.17) is 4.74 Å². The molecule has 0 radical (unpaired) electrons. The van der Waals surface area contributed by atoms with Gasteiger partial charge in [0.25, 0.3) is 5.69 Å². The summed E-state index contributed by atoms with van der Waals surface area (Å²) in [4.78, 5) is 28.1. The predicted molar refractivity (Wildman–Crippen MR) is 147 cm³/mol. The molecule has 0 aliphatic carbocycles. The van der Waals surface area contributed by atoms with Crippen LogP contribution in [0.2, 0.25) is 0 Å². The Morgan fingerprint density at radius 1 is 1.08 bits per heavy atom. The predicted octanol–water partition coefficient (Wildman–Crippen LogP) is 6.92. The van der Waals surface area contributed by atoms with Gasteiger partial charge in [-0.3, -0.25) is 10.1 Å². The first-order chi connectivity index (χ1) is 17.9. The van der Waals surface area contributed by atoms with Crippen molar-refractivity contribution in [2.75, 3.05) is 6.61 Å². The van der Waals surface area contributed by atoms with Gasteiger partial charge in [0.05, 0.1) is 22.1 Å². The normalized spacial score (nSPS) is 15.8. The first-order valence-corrected chi connectivity index (χ1v) is 12.6. The zero-order valence-electron chi connectivity index (χ0n) is 20.2. The smallest absolute Gasteiger partial charge is 0.344 e. The molecule has 0 atom stereocenters. The highest BCUT2D eigenvalue weighted by molar-refractivity contribution is 8.18. The number of benzene rings is 3. The number of nitro groups is 1. The van der Waals surface area contributed by atoms with E-state index in [1.807, 2.05) is 24.3 Å². The van der Waals surface area contributed by atoms with Crippen LogP contribution < -0.4 is 0 Å². The number of para-hydroxylation sites is 1. The Hall–Kier alpha value is -4.37. The number of aryl methyl sites for hydroxylation is 1. The van der Waals surface area contributed by atoms with Gasteiger partial charge in [-0.05, 0) is 55.8 Å². The lowest BCUT2D eigenvalue weighted by Crippen LogP contribution is -2.12. The maximum absolute atomic E-state index is 12.7. The number of ether oxygens (including phenoxy) is 1. The maximum atomic E-state index is 12.7. The molecule has 0 unspecified atom stereocenters. The van der Waals surface area contributed by atoms with Crippen molar-refractivity contribution >= 4 is 62.0 Å². The molecule has 1 aromatic heterocycles. The molecule has 0 spiro atoms. The number of aliphatic hydroxyl groups excluding tert-OH is 1. The molecule has 1 aliphatic heterocycles. The van der Waals surface area contributed by atoms with Gasteiger partial charge < -0.3 is 14.4 Å². The fourth-order valence-corrected chi connectivity index (χ4v) is 5.45. The Kier molecular flexibility index (Phi) is 6.54. The van der Waals surface area contributed by atoms with Gasteiger partial charge in [-0.15, -0.1) is 0 Å². The van der Waals surface area contributed by atoms with E-state index in [9.17, 15) is 20.0 Å². The van der Waals surface area contributed by atoms with Gasteiger partial charge in [0.15, 0.2) is 0 Å². The number of esters is 1. The molecule has 5 rings (SSSR count). The molecule has 0 saturated carbocycles. The lowest BCUT2D eigenvalue weighted by Gasteiger charge is -2.03. The Labute approximate surface area is 216 Å². The third kappa shape index (κ3) is 4.49. The van der Waals surface area contributed by atoms with E-state index >= 15 is 0 Å². The van der Waals surface area contributed by atoms with Crippen LogP contribution in [0.5, 0.6) is 0 Å².